The Balaban J connectivity index is 1.19. The van der Waals surface area contributed by atoms with Crippen LogP contribution in [-0.4, -0.2) is 52.3 Å². The summed E-state index contributed by atoms with van der Waals surface area (Å²) in [6.07, 6.45) is 2.81. The quantitative estimate of drug-likeness (QED) is 0.243. The maximum absolute atomic E-state index is 14.9. The molecule has 0 saturated heterocycles. The zero-order valence-electron chi connectivity index (χ0n) is 21.8. The predicted molar refractivity (Wildman–Crippen MR) is 143 cm³/mol. The molecule has 0 radical (unpaired) electrons. The molecule has 3 heterocycles. The molecule has 13 heteroatoms. The van der Waals surface area contributed by atoms with Crippen LogP contribution in [0.3, 0.4) is 0 Å². The van der Waals surface area contributed by atoms with Gasteiger partial charge < -0.3 is 34.7 Å². The molecule has 12 nitrogen and oxygen atoms in total. The monoisotopic (exact) mass is 574 g/mol. The van der Waals surface area contributed by atoms with E-state index in [1.807, 2.05) is 0 Å². The van der Waals surface area contributed by atoms with Gasteiger partial charge in [0.2, 0.25) is 18.8 Å². The van der Waals surface area contributed by atoms with Crippen LogP contribution in [0.2, 0.25) is 0 Å². The molecule has 0 aliphatic carbocycles. The molecule has 42 heavy (non-hydrogen) atoms. The third kappa shape index (κ3) is 6.70. The number of halogens is 1. The van der Waals surface area contributed by atoms with Gasteiger partial charge in [-0.2, -0.15) is 0 Å². The summed E-state index contributed by atoms with van der Waals surface area (Å²) in [5.41, 5.74) is 0.486. The number of carbonyl (C=O) groups excluding carboxylic acids is 2. The van der Waals surface area contributed by atoms with Crippen LogP contribution in [0, 0.1) is 5.82 Å². The first kappa shape index (κ1) is 27.8. The average Bonchev–Trinajstić information content (AvgIpc) is 3.47. The Morgan fingerprint density at radius 2 is 1.76 bits per heavy atom. The minimum atomic E-state index is -1.48. The third-order valence-corrected chi connectivity index (χ3v) is 5.96. The number of carboxylic acid groups (broad SMARTS) is 1. The van der Waals surface area contributed by atoms with E-state index in [1.54, 1.807) is 30.3 Å². The molecule has 0 fully saturated rings. The first-order valence-corrected chi connectivity index (χ1v) is 12.5. The smallest absolute Gasteiger partial charge is 0.346 e. The molecule has 214 valence electrons. The second kappa shape index (κ2) is 12.6. The van der Waals surface area contributed by atoms with E-state index in [4.69, 9.17) is 18.9 Å². The minimum Gasteiger partial charge on any atom is -0.478 e. The van der Waals surface area contributed by atoms with Crippen molar-refractivity contribution in [1.82, 2.24) is 20.6 Å². The molecule has 2 aromatic heterocycles. The number of carboxylic acids is 1. The second-order valence-electron chi connectivity index (χ2n) is 8.81. The molecular formula is C29H23FN4O8. The molecule has 4 aromatic rings. The second-order valence-corrected chi connectivity index (χ2v) is 8.81. The van der Waals surface area contributed by atoms with Crippen molar-refractivity contribution in [2.24, 2.45) is 0 Å². The minimum absolute atomic E-state index is 0.0356. The first-order valence-electron chi connectivity index (χ1n) is 12.5. The van der Waals surface area contributed by atoms with Crippen LogP contribution >= 0.6 is 0 Å². The highest BCUT2D eigenvalue weighted by atomic mass is 19.1. The number of nitrogens with one attached hydrogen (secondary N) is 2. The van der Waals surface area contributed by atoms with E-state index in [0.29, 0.717) is 17.2 Å². The summed E-state index contributed by atoms with van der Waals surface area (Å²) in [7, 11) is 0. The summed E-state index contributed by atoms with van der Waals surface area (Å²) in [5, 5.41) is 14.6. The fraction of sp³-hybridized carbons (Fsp3) is 0.138. The molecule has 0 saturated carbocycles. The Morgan fingerprint density at radius 3 is 2.55 bits per heavy atom. The topological polar surface area (TPSA) is 158 Å². The van der Waals surface area contributed by atoms with Crippen molar-refractivity contribution in [3.05, 3.63) is 102 Å². The lowest BCUT2D eigenvalue weighted by Gasteiger charge is -2.16. The lowest BCUT2D eigenvalue weighted by molar-refractivity contribution is -0.144. The molecule has 2 aromatic carbocycles. The lowest BCUT2D eigenvalue weighted by Crippen LogP contribution is -2.40. The van der Waals surface area contributed by atoms with E-state index >= 15 is 0 Å². The van der Waals surface area contributed by atoms with Gasteiger partial charge in [0.05, 0.1) is 12.1 Å². The number of ether oxygens (including phenoxy) is 4. The van der Waals surface area contributed by atoms with Crippen LogP contribution in [0.4, 0.5) is 4.39 Å². The molecule has 1 aliphatic rings. The van der Waals surface area contributed by atoms with E-state index in [0.717, 1.165) is 6.07 Å². The SMILES string of the molecule is O=C(NC[C@@H](Oc1ccc(CNC(=O)c2cccnc2Oc2ccc3c(c2)OCO3)c(F)c1)C(=O)O)c1cccnc1. The number of fused-ring (bicyclic) bond motifs is 1. The number of aromatic nitrogens is 2. The molecule has 0 spiro atoms. The molecule has 1 atom stereocenters. The molecule has 1 aliphatic heterocycles. The first-order chi connectivity index (χ1) is 20.4. The summed E-state index contributed by atoms with van der Waals surface area (Å²) >= 11 is 0. The van der Waals surface area contributed by atoms with Gasteiger partial charge in [-0.25, -0.2) is 14.2 Å². The summed E-state index contributed by atoms with van der Waals surface area (Å²) in [4.78, 5) is 44.7. The predicted octanol–water partition coefficient (Wildman–Crippen LogP) is 3.33. The zero-order valence-corrected chi connectivity index (χ0v) is 21.8. The van der Waals surface area contributed by atoms with Crippen molar-refractivity contribution in [3.8, 4) is 28.9 Å². The summed E-state index contributed by atoms with van der Waals surface area (Å²) < 4.78 is 36.7. The van der Waals surface area contributed by atoms with Crippen molar-refractivity contribution >= 4 is 17.8 Å². The maximum Gasteiger partial charge on any atom is 0.346 e. The molecule has 3 N–H and O–H groups in total. The van der Waals surface area contributed by atoms with E-state index in [1.165, 1.54) is 42.9 Å². The highest BCUT2D eigenvalue weighted by molar-refractivity contribution is 5.96. The van der Waals surface area contributed by atoms with Gasteiger partial charge in [0.25, 0.3) is 11.8 Å². The Bertz CT molecular complexity index is 1620. The van der Waals surface area contributed by atoms with Gasteiger partial charge in [-0.1, -0.05) is 6.07 Å². The Labute approximate surface area is 238 Å². The van der Waals surface area contributed by atoms with Gasteiger partial charge in [0.15, 0.2) is 11.5 Å². The van der Waals surface area contributed by atoms with Crippen molar-refractivity contribution in [2.75, 3.05) is 13.3 Å². The van der Waals surface area contributed by atoms with E-state index in [2.05, 4.69) is 20.6 Å². The molecule has 0 bridgehead atoms. The Morgan fingerprint density at radius 1 is 0.952 bits per heavy atom. The number of carbonyl (C=O) groups is 3. The van der Waals surface area contributed by atoms with Gasteiger partial charge in [-0.05, 0) is 42.5 Å². The number of hydrogen-bond donors (Lipinski definition) is 3. The number of rotatable bonds is 11. The summed E-state index contributed by atoms with van der Waals surface area (Å²) in [6.45, 7) is -0.456. The number of benzene rings is 2. The van der Waals surface area contributed by atoms with Crippen molar-refractivity contribution in [1.29, 1.82) is 0 Å². The van der Waals surface area contributed by atoms with Crippen molar-refractivity contribution in [2.45, 2.75) is 12.6 Å². The molecule has 2 amide bonds. The zero-order chi connectivity index (χ0) is 29.5. The fourth-order valence-corrected chi connectivity index (χ4v) is 3.84. The number of nitrogens with zero attached hydrogens (tertiary/aromatic N) is 2. The van der Waals surface area contributed by atoms with Gasteiger partial charge in [-0.15, -0.1) is 0 Å². The highest BCUT2D eigenvalue weighted by Crippen LogP contribution is 2.36. The summed E-state index contributed by atoms with van der Waals surface area (Å²) in [5.74, 6) is -1.77. The maximum atomic E-state index is 14.9. The number of amides is 2. The normalized spacial score (nSPS) is 12.2. The average molecular weight is 575 g/mol. The standard InChI is InChI=1S/C29H23FN4O8/c30-22-11-19(41-25(29(37)38)15-34-26(35)18-3-1-9-31-13-18)6-5-17(22)14-33-27(36)21-4-2-10-32-28(21)42-20-7-8-23-24(12-20)40-16-39-23/h1-13,25H,14-16H2,(H,33,36)(H,34,35)(H,37,38)/t25-/m1/s1. The number of pyridine rings is 2. The van der Waals surface area contributed by atoms with Crippen LogP contribution in [-0.2, 0) is 11.3 Å². The van der Waals surface area contributed by atoms with Crippen LogP contribution in [0.25, 0.3) is 0 Å². The van der Waals surface area contributed by atoms with Crippen LogP contribution < -0.4 is 29.6 Å². The van der Waals surface area contributed by atoms with Crippen LogP contribution in [0.15, 0.2) is 79.3 Å². The van der Waals surface area contributed by atoms with Gasteiger partial charge in [-0.3, -0.25) is 14.6 Å². The largest absolute Gasteiger partial charge is 0.478 e. The van der Waals surface area contributed by atoms with Gasteiger partial charge in [0, 0.05) is 42.8 Å². The van der Waals surface area contributed by atoms with Crippen LogP contribution in [0.1, 0.15) is 26.3 Å². The highest BCUT2D eigenvalue weighted by Gasteiger charge is 2.22. The third-order valence-electron chi connectivity index (χ3n) is 5.96. The van der Waals surface area contributed by atoms with Crippen LogP contribution in [0.5, 0.6) is 28.9 Å². The number of aliphatic carboxylic acids is 1. The Hall–Kier alpha value is -5.72. The van der Waals surface area contributed by atoms with E-state index in [9.17, 15) is 23.9 Å². The summed E-state index contributed by atoms with van der Waals surface area (Å²) in [6, 6.07) is 14.8. The van der Waals surface area contributed by atoms with Gasteiger partial charge >= 0.3 is 5.97 Å². The Kier molecular flexibility index (Phi) is 8.37. The van der Waals surface area contributed by atoms with Crippen molar-refractivity contribution < 1.29 is 42.8 Å². The molecule has 5 rings (SSSR count). The van der Waals surface area contributed by atoms with Gasteiger partial charge in [0.1, 0.15) is 22.9 Å². The van der Waals surface area contributed by atoms with E-state index < -0.39 is 29.7 Å². The molecule has 0 unspecified atom stereocenters. The van der Waals surface area contributed by atoms with E-state index in [-0.39, 0.29) is 48.2 Å². The van der Waals surface area contributed by atoms with Crippen molar-refractivity contribution in [3.63, 3.8) is 0 Å². The fourth-order valence-electron chi connectivity index (χ4n) is 3.84. The lowest BCUT2D eigenvalue weighted by atomic mass is 10.2. The number of hydrogen-bond acceptors (Lipinski definition) is 9. The molecular weight excluding hydrogens is 551 g/mol.